The van der Waals surface area contributed by atoms with Crippen LogP contribution in [0.1, 0.15) is 147 Å². The van der Waals surface area contributed by atoms with Crippen LogP contribution >= 0.6 is 69.6 Å². The van der Waals surface area contributed by atoms with Crippen molar-refractivity contribution in [2.24, 2.45) is 4.99 Å². The summed E-state index contributed by atoms with van der Waals surface area (Å²) in [5.41, 5.74) is 5.72. The van der Waals surface area contributed by atoms with E-state index in [1.165, 1.54) is 107 Å². The van der Waals surface area contributed by atoms with Crippen molar-refractivity contribution in [3.8, 4) is 23.0 Å². The summed E-state index contributed by atoms with van der Waals surface area (Å²) in [4.78, 5) is 116. The summed E-state index contributed by atoms with van der Waals surface area (Å²) in [5, 5.41) is 38.1. The van der Waals surface area contributed by atoms with Gasteiger partial charge in [0.25, 0.3) is 23.6 Å². The van der Waals surface area contributed by atoms with Crippen LogP contribution in [0.3, 0.4) is 0 Å². The van der Waals surface area contributed by atoms with Gasteiger partial charge in [-0.15, -0.1) is 0 Å². The molecule has 4 amide bonds. The Morgan fingerprint density at radius 3 is 1.01 bits per heavy atom. The maximum absolute atomic E-state index is 15.1. The van der Waals surface area contributed by atoms with E-state index in [4.69, 9.17) is 105 Å². The quantitative estimate of drug-likeness (QED) is 0.00788. The number of amidine groups is 4. The van der Waals surface area contributed by atoms with Crippen LogP contribution in [-0.4, -0.2) is 179 Å². The highest BCUT2D eigenvalue weighted by Gasteiger charge is 2.30. The third-order valence-electron chi connectivity index (χ3n) is 22.3. The van der Waals surface area contributed by atoms with Crippen molar-refractivity contribution < 1.29 is 74.9 Å². The number of nitrogens with zero attached hydrogens (tertiary/aromatic N) is 5. The molecule has 15 rings (SSSR count). The Balaban J connectivity index is 0.000000165. The number of likely N-dealkylation sites (tertiary alicyclic amines) is 1. The first kappa shape index (κ1) is 103. The normalized spacial score (nSPS) is 12.3. The summed E-state index contributed by atoms with van der Waals surface area (Å²) in [6.07, 6.45) is 2.21. The van der Waals surface area contributed by atoms with Gasteiger partial charge in [-0.05, 0) is 225 Å². The number of ketones is 4. The van der Waals surface area contributed by atoms with Gasteiger partial charge >= 0.3 is 0 Å². The molecule has 3 heterocycles. The molecule has 12 aromatic carbocycles. The van der Waals surface area contributed by atoms with Crippen molar-refractivity contribution in [1.82, 2.24) is 19.6 Å². The zero-order chi connectivity index (χ0) is 99.3. The summed E-state index contributed by atoms with van der Waals surface area (Å²) in [6.45, 7) is 4.48. The Morgan fingerprint density at radius 1 is 0.355 bits per heavy atom. The Kier molecular flexibility index (Phi) is 35.3. The number of anilines is 4. The van der Waals surface area contributed by atoms with E-state index < -0.39 is 70.0 Å². The molecule has 138 heavy (non-hydrogen) atoms. The highest BCUT2D eigenvalue weighted by atomic mass is 35.5. The molecular weight excluding hydrogens is 1900 g/mol. The molecule has 0 aliphatic carbocycles. The number of hydrogen-bond acceptors (Lipinski definition) is 17. The van der Waals surface area contributed by atoms with Gasteiger partial charge in [0.15, 0.2) is 23.1 Å². The summed E-state index contributed by atoms with van der Waals surface area (Å²) in [6, 6.07) is 58.7. The van der Waals surface area contributed by atoms with Gasteiger partial charge in [-0.1, -0.05) is 106 Å². The number of methoxy groups -OCH3 is 4. The van der Waals surface area contributed by atoms with Crippen molar-refractivity contribution in [2.75, 3.05) is 110 Å². The average Bonchev–Trinajstić information content (AvgIpc) is 1.28. The monoisotopic (exact) mass is 1990 g/mol. The second kappa shape index (κ2) is 47.5. The molecule has 0 spiro atoms. The van der Waals surface area contributed by atoms with Crippen LogP contribution in [-0.2, 0) is 25.7 Å². The predicted octanol–water partition coefficient (Wildman–Crippen LogP) is 22.0. The minimum atomic E-state index is -0.718. The molecule has 2 saturated heterocycles. The summed E-state index contributed by atoms with van der Waals surface area (Å²) in [7, 11) is 11.0. The largest absolute Gasteiger partial charge is 0.497 e. The number of rotatable bonds is 28. The Hall–Kier alpha value is -14.3. The van der Waals surface area contributed by atoms with Crippen LogP contribution in [0, 0.1) is 39.5 Å². The van der Waals surface area contributed by atoms with Crippen LogP contribution in [0.25, 0.3) is 0 Å². The number of halogens is 10. The van der Waals surface area contributed by atoms with E-state index in [2.05, 4.69) is 26.3 Å². The summed E-state index contributed by atoms with van der Waals surface area (Å²) >= 11 is 36.0. The smallest absolute Gasteiger partial charge is 0.256 e. The molecule has 0 unspecified atom stereocenters. The third-order valence-corrected chi connectivity index (χ3v) is 23.7. The van der Waals surface area contributed by atoms with E-state index in [0.717, 1.165) is 58.1 Å². The lowest BCUT2D eigenvalue weighted by atomic mass is 9.96. The molecule has 3 aliphatic heterocycles. The first-order valence-corrected chi connectivity index (χ1v) is 45.2. The highest BCUT2D eigenvalue weighted by molar-refractivity contribution is 6.33. The molecule has 12 aromatic rings. The average molecular weight is 1990 g/mol. The fraction of sp³-hybridized carbons (Fsp3) is 0.192. The standard InChI is InChI=1S/C28H26Cl2FN3O3.C26H22Cl2FN3O3.C25H21ClFN3O3.C25H23ClFN3O3/c1-37-26-15-19(30)14-23(28(36)33-20-8-6-18(29)7-9-20)22(26)16-25(35)21-10-5-17(13-24(21)31)27(32)34-11-3-2-4-12-34;1-32-10-9-30-25(32)15-3-8-19(22(29)11-15)23(33)14-20-21(12-17(28)13-24(20)35-2)26(34)31-18-6-4-16(27)5-7-18;1-33-19-8-2-15(21(14-19)25(32)29-18-6-4-17(26)5-7-18)13-23(31)20-9-3-16(12-22(20)27)24(28)30-10-11-30;1-30(2)24(28)16-5-11-20(22(27)12-16)23(31)13-15-4-10-19(33-3)14-21(15)25(32)29-18-8-6-17(26)7-9-18/h5-10,13-15,32H,2-4,11-12,16H2,1H3,(H,33,36);3-8,11-13H,9-10,14H2,1-2H3,(H,31,34);2-9,12,14,28H,10-11,13H2,1H3,(H,29,32);4-12,14,28H,13H2,1-3H3,(H,29,32). The molecule has 2 fully saturated rings. The fourth-order valence-electron chi connectivity index (χ4n) is 14.8. The van der Waals surface area contributed by atoms with E-state index in [1.807, 2.05) is 16.8 Å². The molecule has 0 saturated carbocycles. The maximum atomic E-state index is 15.1. The topological polar surface area (TPSA) is 318 Å². The molecule has 24 nitrogen and oxygen atoms in total. The van der Waals surface area contributed by atoms with Crippen molar-refractivity contribution in [3.63, 3.8) is 0 Å². The van der Waals surface area contributed by atoms with Gasteiger partial charge in [0.05, 0.1) is 57.2 Å². The molecule has 710 valence electrons. The van der Waals surface area contributed by atoms with Crippen molar-refractivity contribution in [3.05, 3.63) is 373 Å². The number of amides is 4. The molecular formula is C104H92Cl6F4N12O12. The SMILES string of the molecule is COc1cc(Cl)cc(C(=O)Nc2ccc(Cl)cc2)c1CC(=O)c1ccc(C(=N)N2CCCCC2)cc1F.COc1cc(Cl)cc(C(=O)Nc2ccc(Cl)cc2)c1CC(=O)c1ccc(C2=NCCN2C)cc1F.COc1ccc(CC(=O)c2ccc(C(=N)N(C)C)cc2F)c(C(=O)Nc2ccc(Cl)cc2)c1.COc1ccc(CC(=O)c2ccc(C(=N)N3CC3)cc2F)c(C(=O)Nc2ccc(Cl)cc2)c1. The van der Waals surface area contributed by atoms with Gasteiger partial charge in [0, 0.05) is 188 Å². The van der Waals surface area contributed by atoms with Gasteiger partial charge in [0.1, 0.15) is 69.6 Å². The Morgan fingerprint density at radius 2 is 0.688 bits per heavy atom. The zero-order valence-corrected chi connectivity index (χ0v) is 80.1. The lowest BCUT2D eigenvalue weighted by molar-refractivity contribution is 0.0976. The molecule has 0 bridgehead atoms. The van der Waals surface area contributed by atoms with Crippen LogP contribution in [0.15, 0.2) is 236 Å². The Bertz CT molecular complexity index is 6520. The number of hydrogen-bond donors (Lipinski definition) is 7. The van der Waals surface area contributed by atoms with E-state index >= 15 is 4.39 Å². The first-order valence-electron chi connectivity index (χ1n) is 42.9. The lowest BCUT2D eigenvalue weighted by Gasteiger charge is -2.29. The van der Waals surface area contributed by atoms with Gasteiger partial charge in [-0.2, -0.15) is 0 Å². The predicted molar refractivity (Wildman–Crippen MR) is 533 cm³/mol. The number of carbonyl (C=O) groups excluding carboxylic acids is 8. The second-order valence-electron chi connectivity index (χ2n) is 31.9. The number of likely N-dealkylation sites (N-methyl/N-ethyl adjacent to an activating group) is 1. The van der Waals surface area contributed by atoms with E-state index in [-0.39, 0.29) is 115 Å². The number of Topliss-reactive ketones (excluding diaryl/α,β-unsaturated/α-hetero) is 4. The maximum Gasteiger partial charge on any atom is 0.256 e. The van der Waals surface area contributed by atoms with Crippen LogP contribution in [0.2, 0.25) is 30.1 Å². The number of benzene rings is 12. The minimum absolute atomic E-state index is 0.0859. The first-order chi connectivity index (χ1) is 66.1. The van der Waals surface area contributed by atoms with Crippen LogP contribution in [0.5, 0.6) is 23.0 Å². The van der Waals surface area contributed by atoms with Crippen molar-refractivity contribution in [2.45, 2.75) is 44.9 Å². The van der Waals surface area contributed by atoms with E-state index in [9.17, 15) is 51.5 Å². The van der Waals surface area contributed by atoms with E-state index in [0.29, 0.717) is 106 Å². The number of ether oxygens (including phenoxy) is 4. The number of carbonyl (C=O) groups is 8. The summed E-state index contributed by atoms with van der Waals surface area (Å²) in [5.74, 6) is -3.93. The van der Waals surface area contributed by atoms with Crippen molar-refractivity contribution >= 4 is 162 Å². The minimum Gasteiger partial charge on any atom is -0.497 e. The molecule has 0 atom stereocenters. The van der Waals surface area contributed by atoms with Gasteiger partial charge in [-0.25, -0.2) is 17.6 Å². The van der Waals surface area contributed by atoms with Gasteiger partial charge in [-0.3, -0.25) is 59.6 Å². The zero-order valence-electron chi connectivity index (χ0n) is 75.5. The van der Waals surface area contributed by atoms with Gasteiger partial charge in [0.2, 0.25) is 0 Å². The van der Waals surface area contributed by atoms with E-state index in [1.54, 1.807) is 169 Å². The molecule has 7 N–H and O–H groups in total. The molecule has 3 aliphatic rings. The fourth-order valence-corrected chi connectivity index (χ4v) is 15.8. The number of piperidine rings is 1. The van der Waals surface area contributed by atoms with Crippen molar-refractivity contribution in [1.29, 1.82) is 16.2 Å². The number of nitrogens with one attached hydrogen (secondary N) is 7. The van der Waals surface area contributed by atoms with Crippen LogP contribution in [0.4, 0.5) is 40.3 Å². The second-order valence-corrected chi connectivity index (χ2v) is 34.6. The molecule has 34 heteroatoms. The lowest BCUT2D eigenvalue weighted by Crippen LogP contribution is -2.35. The summed E-state index contributed by atoms with van der Waals surface area (Å²) < 4.78 is 80.7. The van der Waals surface area contributed by atoms with Crippen LogP contribution < -0.4 is 40.2 Å². The third kappa shape index (κ3) is 26.9. The molecule has 0 radical (unpaired) electrons. The van der Waals surface area contributed by atoms with Gasteiger partial charge < -0.3 is 59.8 Å². The number of aliphatic imine (C=N–C) groups is 1. The highest BCUT2D eigenvalue weighted by Crippen LogP contribution is 2.35. The molecule has 0 aromatic heterocycles. The Labute approximate surface area is 823 Å².